The van der Waals surface area contributed by atoms with Crippen LogP contribution >= 0.6 is 0 Å². The molecule has 0 bridgehead atoms. The van der Waals surface area contributed by atoms with Crippen LogP contribution in [0.5, 0.6) is 5.75 Å². The lowest BCUT2D eigenvalue weighted by atomic mass is 10.2. The van der Waals surface area contributed by atoms with Crippen LogP contribution in [0.25, 0.3) is 17.5 Å². The SMILES string of the molecule is COc1cccc(NC(=O)/C(C#N)=C\c2cnc(-c3ccccc3)[nH]2)c1. The Kier molecular flexibility index (Phi) is 5.11. The first-order valence-electron chi connectivity index (χ1n) is 7.87. The van der Waals surface area contributed by atoms with Gasteiger partial charge in [-0.2, -0.15) is 5.26 Å². The molecule has 0 radical (unpaired) electrons. The summed E-state index contributed by atoms with van der Waals surface area (Å²) in [5.74, 6) is 0.783. The Hall–Kier alpha value is -3.85. The van der Waals surface area contributed by atoms with Crippen LogP contribution in [-0.2, 0) is 4.79 Å². The Balaban J connectivity index is 1.79. The Labute approximate surface area is 150 Å². The molecule has 0 fully saturated rings. The lowest BCUT2D eigenvalue weighted by molar-refractivity contribution is -0.112. The second-order valence-electron chi connectivity index (χ2n) is 5.41. The number of carbonyl (C=O) groups excluding carboxylic acids is 1. The molecule has 6 heteroatoms. The van der Waals surface area contributed by atoms with Gasteiger partial charge in [-0.05, 0) is 18.2 Å². The molecule has 6 nitrogen and oxygen atoms in total. The lowest BCUT2D eigenvalue weighted by Gasteiger charge is -2.06. The third kappa shape index (κ3) is 3.97. The van der Waals surface area contributed by atoms with Crippen LogP contribution in [-0.4, -0.2) is 23.0 Å². The molecule has 3 rings (SSSR count). The van der Waals surface area contributed by atoms with Gasteiger partial charge in [0.05, 0.1) is 19.0 Å². The fraction of sp³-hybridized carbons (Fsp3) is 0.0500. The maximum Gasteiger partial charge on any atom is 0.266 e. The molecule has 0 aliphatic carbocycles. The number of ether oxygens (including phenoxy) is 1. The van der Waals surface area contributed by atoms with Gasteiger partial charge in [0.2, 0.25) is 0 Å². The van der Waals surface area contributed by atoms with Crippen molar-refractivity contribution in [1.29, 1.82) is 5.26 Å². The standard InChI is InChI=1S/C20H16N4O2/c1-26-18-9-5-8-16(11-18)24-20(25)15(12-21)10-17-13-22-19(23-17)14-6-3-2-4-7-14/h2-11,13H,1H3,(H,22,23)(H,24,25)/b15-10-. The van der Waals surface area contributed by atoms with E-state index in [1.54, 1.807) is 37.6 Å². The summed E-state index contributed by atoms with van der Waals surface area (Å²) < 4.78 is 5.12. The number of methoxy groups -OCH3 is 1. The minimum atomic E-state index is -0.503. The van der Waals surface area contributed by atoms with E-state index in [-0.39, 0.29) is 5.57 Å². The second-order valence-corrected chi connectivity index (χ2v) is 5.41. The Morgan fingerprint density at radius 2 is 2.04 bits per heavy atom. The summed E-state index contributed by atoms with van der Waals surface area (Å²) in [5.41, 5.74) is 2.01. The van der Waals surface area contributed by atoms with Crippen LogP contribution < -0.4 is 10.1 Å². The van der Waals surface area contributed by atoms with Gasteiger partial charge < -0.3 is 15.0 Å². The molecule has 128 valence electrons. The molecular formula is C20H16N4O2. The van der Waals surface area contributed by atoms with E-state index in [0.29, 0.717) is 23.0 Å². The van der Waals surface area contributed by atoms with Gasteiger partial charge in [-0.1, -0.05) is 36.4 Å². The zero-order valence-corrected chi connectivity index (χ0v) is 14.1. The molecule has 1 aromatic heterocycles. The molecule has 0 unspecified atom stereocenters. The predicted molar refractivity (Wildman–Crippen MR) is 99.2 cm³/mol. The zero-order chi connectivity index (χ0) is 18.4. The van der Waals surface area contributed by atoms with Gasteiger partial charge in [-0.15, -0.1) is 0 Å². The first-order valence-corrected chi connectivity index (χ1v) is 7.87. The fourth-order valence-corrected chi connectivity index (χ4v) is 2.35. The number of hydrogen-bond donors (Lipinski definition) is 2. The van der Waals surface area contributed by atoms with E-state index in [0.717, 1.165) is 5.56 Å². The van der Waals surface area contributed by atoms with Gasteiger partial charge in [-0.3, -0.25) is 4.79 Å². The highest BCUT2D eigenvalue weighted by Crippen LogP contribution is 2.19. The van der Waals surface area contributed by atoms with E-state index in [4.69, 9.17) is 4.74 Å². The topological polar surface area (TPSA) is 90.8 Å². The maximum absolute atomic E-state index is 12.3. The monoisotopic (exact) mass is 344 g/mol. The van der Waals surface area contributed by atoms with Crippen LogP contribution in [0.2, 0.25) is 0 Å². The fourth-order valence-electron chi connectivity index (χ4n) is 2.35. The van der Waals surface area contributed by atoms with Crippen LogP contribution in [0.1, 0.15) is 5.69 Å². The number of rotatable bonds is 5. The highest BCUT2D eigenvalue weighted by atomic mass is 16.5. The highest BCUT2D eigenvalue weighted by molar-refractivity contribution is 6.09. The van der Waals surface area contributed by atoms with E-state index in [1.807, 2.05) is 36.4 Å². The lowest BCUT2D eigenvalue weighted by Crippen LogP contribution is -2.13. The van der Waals surface area contributed by atoms with Crippen molar-refractivity contribution in [3.8, 4) is 23.2 Å². The van der Waals surface area contributed by atoms with Crippen LogP contribution in [0.15, 0.2) is 66.4 Å². The average molecular weight is 344 g/mol. The third-order valence-electron chi connectivity index (χ3n) is 3.64. The van der Waals surface area contributed by atoms with E-state index in [1.165, 1.54) is 6.08 Å². The number of nitrogens with zero attached hydrogens (tertiary/aromatic N) is 2. The summed E-state index contributed by atoms with van der Waals surface area (Å²) in [6.45, 7) is 0. The van der Waals surface area contributed by atoms with Crippen molar-refractivity contribution in [3.63, 3.8) is 0 Å². The van der Waals surface area contributed by atoms with Crippen LogP contribution in [0.4, 0.5) is 5.69 Å². The second kappa shape index (κ2) is 7.81. The number of imidazole rings is 1. The Morgan fingerprint density at radius 3 is 2.77 bits per heavy atom. The number of nitrogens with one attached hydrogen (secondary N) is 2. The van der Waals surface area contributed by atoms with Crippen molar-refractivity contribution in [2.24, 2.45) is 0 Å². The first kappa shape index (κ1) is 17.0. The number of benzene rings is 2. The van der Waals surface area contributed by atoms with Gasteiger partial charge in [0.25, 0.3) is 5.91 Å². The quantitative estimate of drug-likeness (QED) is 0.546. The predicted octanol–water partition coefficient (Wildman–Crippen LogP) is 3.63. The molecule has 3 aromatic rings. The number of carbonyl (C=O) groups is 1. The number of nitriles is 1. The van der Waals surface area contributed by atoms with Crippen LogP contribution in [0, 0.1) is 11.3 Å². The van der Waals surface area contributed by atoms with Gasteiger partial charge >= 0.3 is 0 Å². The molecular weight excluding hydrogens is 328 g/mol. The van der Waals surface area contributed by atoms with Gasteiger partial charge in [0, 0.05) is 17.3 Å². The largest absolute Gasteiger partial charge is 0.497 e. The van der Waals surface area contributed by atoms with Crippen molar-refractivity contribution < 1.29 is 9.53 Å². The number of aromatic amines is 1. The smallest absolute Gasteiger partial charge is 0.266 e. The summed E-state index contributed by atoms with van der Waals surface area (Å²) in [4.78, 5) is 19.7. The van der Waals surface area contributed by atoms with E-state index in [2.05, 4.69) is 15.3 Å². The number of amides is 1. The minimum Gasteiger partial charge on any atom is -0.497 e. The van der Waals surface area contributed by atoms with Crippen LogP contribution in [0.3, 0.4) is 0 Å². The molecule has 26 heavy (non-hydrogen) atoms. The molecule has 0 aliphatic heterocycles. The number of H-pyrrole nitrogens is 1. The number of hydrogen-bond acceptors (Lipinski definition) is 4. The number of aromatic nitrogens is 2. The number of anilines is 1. The molecule has 1 heterocycles. The van der Waals surface area contributed by atoms with E-state index in [9.17, 15) is 10.1 Å². The Bertz CT molecular complexity index is 984. The third-order valence-corrected chi connectivity index (χ3v) is 3.64. The molecule has 0 saturated carbocycles. The van der Waals surface area contributed by atoms with Crippen molar-refractivity contribution in [1.82, 2.24) is 9.97 Å². The summed E-state index contributed by atoms with van der Waals surface area (Å²) in [5, 5.41) is 12.0. The molecule has 1 amide bonds. The van der Waals surface area contributed by atoms with Crippen molar-refractivity contribution >= 4 is 17.7 Å². The van der Waals surface area contributed by atoms with Crippen molar-refractivity contribution in [3.05, 3.63) is 72.1 Å². The van der Waals surface area contributed by atoms with E-state index >= 15 is 0 Å². The van der Waals surface area contributed by atoms with Gasteiger partial charge in [0.15, 0.2) is 0 Å². The summed E-state index contributed by atoms with van der Waals surface area (Å²) in [6.07, 6.45) is 3.05. The maximum atomic E-state index is 12.3. The Morgan fingerprint density at radius 1 is 1.23 bits per heavy atom. The van der Waals surface area contributed by atoms with Crippen molar-refractivity contribution in [2.75, 3.05) is 12.4 Å². The summed E-state index contributed by atoms with van der Waals surface area (Å²) >= 11 is 0. The molecule has 0 spiro atoms. The molecule has 0 atom stereocenters. The minimum absolute atomic E-state index is 0.0314. The zero-order valence-electron chi connectivity index (χ0n) is 14.1. The highest BCUT2D eigenvalue weighted by Gasteiger charge is 2.11. The average Bonchev–Trinajstić information content (AvgIpc) is 3.15. The molecule has 2 aromatic carbocycles. The van der Waals surface area contributed by atoms with Crippen molar-refractivity contribution in [2.45, 2.75) is 0 Å². The van der Waals surface area contributed by atoms with E-state index < -0.39 is 5.91 Å². The molecule has 2 N–H and O–H groups in total. The van der Waals surface area contributed by atoms with Gasteiger partial charge in [-0.25, -0.2) is 4.98 Å². The normalized spacial score (nSPS) is 10.8. The molecule has 0 saturated heterocycles. The first-order chi connectivity index (χ1) is 12.7. The summed E-state index contributed by atoms with van der Waals surface area (Å²) in [7, 11) is 1.55. The summed E-state index contributed by atoms with van der Waals surface area (Å²) in [6, 6.07) is 18.4. The van der Waals surface area contributed by atoms with Gasteiger partial charge in [0.1, 0.15) is 23.2 Å². The molecule has 0 aliphatic rings.